The Morgan fingerprint density at radius 3 is 2.45 bits per heavy atom. The Bertz CT molecular complexity index is 132. The predicted molar refractivity (Wildman–Crippen MR) is 52.0 cm³/mol. The van der Waals surface area contributed by atoms with Crippen LogP contribution in [0.4, 0.5) is 0 Å². The van der Waals surface area contributed by atoms with Crippen LogP contribution < -0.4 is 0 Å². The van der Waals surface area contributed by atoms with Crippen LogP contribution in [0.25, 0.3) is 0 Å². The summed E-state index contributed by atoms with van der Waals surface area (Å²) in [6.45, 7) is 5.66. The first-order valence-electron chi connectivity index (χ1n) is 3.48. The number of rotatable bonds is 4. The van der Waals surface area contributed by atoms with Crippen molar-refractivity contribution in [2.45, 2.75) is 26.2 Å². The molecule has 0 aromatic heterocycles. The standard InChI is InChI=1S/C8H14O2.Sn.4H/c1-4-5-6-7(2)8(9)10-3;;;;;/h2,4-6H2,1,3H3;;;;;. The van der Waals surface area contributed by atoms with Gasteiger partial charge in [0.15, 0.2) is 0 Å². The van der Waals surface area contributed by atoms with E-state index in [2.05, 4.69) is 18.2 Å². The van der Waals surface area contributed by atoms with Gasteiger partial charge in [-0.25, -0.2) is 4.79 Å². The Labute approximate surface area is 85.0 Å². The minimum atomic E-state index is -0.284. The van der Waals surface area contributed by atoms with E-state index >= 15 is 0 Å². The van der Waals surface area contributed by atoms with Crippen LogP contribution in [0.1, 0.15) is 26.2 Å². The van der Waals surface area contributed by atoms with Crippen molar-refractivity contribution >= 4 is 29.9 Å². The molecule has 0 aliphatic heterocycles. The normalized spacial score (nSPS) is 8.18. The van der Waals surface area contributed by atoms with Crippen LogP contribution in [0.5, 0.6) is 0 Å². The minimum absolute atomic E-state index is 0. The van der Waals surface area contributed by atoms with Gasteiger partial charge in [-0.1, -0.05) is 19.9 Å². The van der Waals surface area contributed by atoms with Crippen molar-refractivity contribution < 1.29 is 9.53 Å². The first-order chi connectivity index (χ1) is 4.72. The van der Waals surface area contributed by atoms with Crippen molar-refractivity contribution in [3.63, 3.8) is 0 Å². The molecule has 0 aromatic rings. The summed E-state index contributed by atoms with van der Waals surface area (Å²) < 4.78 is 4.47. The average Bonchev–Trinajstić information content (AvgIpc) is 1.98. The van der Waals surface area contributed by atoms with Gasteiger partial charge >= 0.3 is 29.9 Å². The molecule has 0 N–H and O–H groups in total. The number of hydrogen-bond acceptors (Lipinski definition) is 2. The summed E-state index contributed by atoms with van der Waals surface area (Å²) in [5.74, 6) is -0.284. The second-order valence-electron chi connectivity index (χ2n) is 2.20. The molecule has 0 rings (SSSR count). The second kappa shape index (κ2) is 8.11. The summed E-state index contributed by atoms with van der Waals surface area (Å²) in [6.07, 6.45) is 2.84. The van der Waals surface area contributed by atoms with Gasteiger partial charge in [0.1, 0.15) is 0 Å². The van der Waals surface area contributed by atoms with Crippen LogP contribution in [-0.2, 0) is 9.53 Å². The van der Waals surface area contributed by atoms with Crippen molar-refractivity contribution in [1.29, 1.82) is 0 Å². The van der Waals surface area contributed by atoms with Crippen LogP contribution in [-0.4, -0.2) is 37.0 Å². The molecule has 0 bridgehead atoms. The zero-order chi connectivity index (χ0) is 7.98. The third-order valence-corrected chi connectivity index (χ3v) is 1.31. The quantitative estimate of drug-likeness (QED) is 0.419. The van der Waals surface area contributed by atoms with Gasteiger partial charge in [0.05, 0.1) is 7.11 Å². The Morgan fingerprint density at radius 2 is 2.09 bits per heavy atom. The van der Waals surface area contributed by atoms with Crippen molar-refractivity contribution in [2.24, 2.45) is 0 Å². The van der Waals surface area contributed by atoms with Crippen LogP contribution in [0.3, 0.4) is 0 Å². The first kappa shape index (κ1) is 13.6. The number of methoxy groups -OCH3 is 1. The van der Waals surface area contributed by atoms with Gasteiger partial charge in [0.25, 0.3) is 0 Å². The van der Waals surface area contributed by atoms with Crippen LogP contribution >= 0.6 is 0 Å². The van der Waals surface area contributed by atoms with E-state index in [0.717, 1.165) is 19.3 Å². The van der Waals surface area contributed by atoms with Gasteiger partial charge in [-0.15, -0.1) is 0 Å². The molecule has 2 nitrogen and oxygen atoms in total. The number of unbranched alkanes of at least 4 members (excludes halogenated alkanes) is 1. The van der Waals surface area contributed by atoms with Gasteiger partial charge in [0, 0.05) is 5.57 Å². The summed E-state index contributed by atoms with van der Waals surface area (Å²) in [4.78, 5) is 10.7. The Kier molecular flexibility index (Phi) is 10.0. The molecule has 0 amide bonds. The number of carbonyl (C=O) groups excluding carboxylic acids is 1. The first-order valence-corrected chi connectivity index (χ1v) is 3.48. The van der Waals surface area contributed by atoms with Crippen LogP contribution in [0.15, 0.2) is 12.2 Å². The summed E-state index contributed by atoms with van der Waals surface area (Å²) in [7, 11) is 1.37. The van der Waals surface area contributed by atoms with Crippen LogP contribution in [0, 0.1) is 0 Å². The molecule has 66 valence electrons. The zero-order valence-corrected chi connectivity index (χ0v) is 6.64. The fourth-order valence-corrected chi connectivity index (χ4v) is 0.637. The number of esters is 1. The zero-order valence-electron chi connectivity index (χ0n) is 6.64. The van der Waals surface area contributed by atoms with E-state index in [-0.39, 0.29) is 29.9 Å². The maximum absolute atomic E-state index is 10.7. The van der Waals surface area contributed by atoms with Gasteiger partial charge in [-0.2, -0.15) is 0 Å². The van der Waals surface area contributed by atoms with E-state index < -0.39 is 0 Å². The van der Waals surface area contributed by atoms with Gasteiger partial charge in [-0.05, 0) is 12.8 Å². The number of hydrogen-bond donors (Lipinski definition) is 0. The van der Waals surface area contributed by atoms with Gasteiger partial charge in [-0.3, -0.25) is 0 Å². The average molecular weight is 265 g/mol. The molecule has 0 aliphatic rings. The van der Waals surface area contributed by atoms with Crippen LogP contribution in [0.2, 0.25) is 0 Å². The summed E-state index contributed by atoms with van der Waals surface area (Å²) in [5.41, 5.74) is 0.573. The van der Waals surface area contributed by atoms with E-state index in [1.54, 1.807) is 0 Å². The molecular formula is C8H18O2Sn. The Balaban J connectivity index is 0. The predicted octanol–water partition coefficient (Wildman–Crippen LogP) is 0.454. The summed E-state index contributed by atoms with van der Waals surface area (Å²) >= 11 is 0. The fourth-order valence-electron chi connectivity index (χ4n) is 0.637. The van der Waals surface area contributed by atoms with Crippen molar-refractivity contribution in [3.05, 3.63) is 12.2 Å². The summed E-state index contributed by atoms with van der Waals surface area (Å²) in [5, 5.41) is 0. The molecule has 0 aromatic carbocycles. The molecule has 0 unspecified atom stereocenters. The molecule has 0 radical (unpaired) electrons. The van der Waals surface area contributed by atoms with E-state index in [1.165, 1.54) is 7.11 Å². The molecular weight excluding hydrogens is 247 g/mol. The third-order valence-electron chi connectivity index (χ3n) is 1.31. The molecule has 3 heteroatoms. The molecule has 0 saturated heterocycles. The fraction of sp³-hybridized carbons (Fsp3) is 0.625. The molecule has 11 heavy (non-hydrogen) atoms. The molecule has 0 aliphatic carbocycles. The monoisotopic (exact) mass is 266 g/mol. The van der Waals surface area contributed by atoms with E-state index in [0.29, 0.717) is 5.57 Å². The SMILES string of the molecule is C=C(CCCC)C(=O)OC.[SnH4]. The Morgan fingerprint density at radius 1 is 1.55 bits per heavy atom. The number of ether oxygens (including phenoxy) is 1. The second-order valence-corrected chi connectivity index (χ2v) is 2.20. The number of carbonyl (C=O) groups is 1. The van der Waals surface area contributed by atoms with Gasteiger partial charge in [0.2, 0.25) is 0 Å². The van der Waals surface area contributed by atoms with E-state index in [1.807, 2.05) is 0 Å². The molecule has 0 fully saturated rings. The molecule has 0 saturated carbocycles. The van der Waals surface area contributed by atoms with Crippen molar-refractivity contribution in [3.8, 4) is 0 Å². The molecule has 0 spiro atoms. The summed E-state index contributed by atoms with van der Waals surface area (Å²) in [6, 6.07) is 0. The maximum atomic E-state index is 10.7. The third kappa shape index (κ3) is 6.41. The molecule has 0 heterocycles. The van der Waals surface area contributed by atoms with Crippen molar-refractivity contribution in [1.82, 2.24) is 0 Å². The topological polar surface area (TPSA) is 26.3 Å². The Hall–Kier alpha value is 0.00870. The van der Waals surface area contributed by atoms with Gasteiger partial charge < -0.3 is 4.74 Å². The van der Waals surface area contributed by atoms with E-state index in [4.69, 9.17) is 0 Å². The molecule has 0 atom stereocenters. The van der Waals surface area contributed by atoms with Crippen molar-refractivity contribution in [2.75, 3.05) is 7.11 Å². The van der Waals surface area contributed by atoms with E-state index in [9.17, 15) is 4.79 Å².